The molecule has 0 saturated carbocycles. The summed E-state index contributed by atoms with van der Waals surface area (Å²) in [5.41, 5.74) is 0.804. The van der Waals surface area contributed by atoms with Crippen molar-refractivity contribution in [2.24, 2.45) is 0 Å². The second-order valence-corrected chi connectivity index (χ2v) is 5.11. The molecule has 7 nitrogen and oxygen atoms in total. The Morgan fingerprint density at radius 3 is 2.76 bits per heavy atom. The molecule has 0 spiro atoms. The normalized spacial score (nSPS) is 11.0. The zero-order valence-electron chi connectivity index (χ0n) is 12.0. The largest absolute Gasteiger partial charge is 0.307 e. The van der Waals surface area contributed by atoms with Gasteiger partial charge in [0.1, 0.15) is 6.33 Å². The van der Waals surface area contributed by atoms with Gasteiger partial charge in [-0.1, -0.05) is 18.2 Å². The van der Waals surface area contributed by atoms with Crippen molar-refractivity contribution in [3.63, 3.8) is 0 Å². The molecule has 0 N–H and O–H groups in total. The number of nitro groups is 1. The number of nitrogens with zero attached hydrogens (tertiary/aromatic N) is 5. The van der Waals surface area contributed by atoms with E-state index in [9.17, 15) is 10.1 Å². The Morgan fingerprint density at radius 2 is 2.14 bits per heavy atom. The quantitative estimate of drug-likeness (QED) is 0.466. The molecule has 0 radical (unpaired) electrons. The second-order valence-electron chi connectivity index (χ2n) is 4.74. The molecule has 0 saturated heterocycles. The van der Waals surface area contributed by atoms with Crippen LogP contribution < -0.4 is 0 Å². The fourth-order valence-electron chi connectivity index (χ4n) is 2.08. The van der Waals surface area contributed by atoms with Gasteiger partial charge in [-0.2, -0.15) is 5.10 Å². The first-order valence-corrected chi connectivity index (χ1v) is 6.96. The third-order valence-electron chi connectivity index (χ3n) is 3.14. The predicted molar refractivity (Wildman–Crippen MR) is 81.3 cm³/mol. The van der Waals surface area contributed by atoms with Crippen LogP contribution in [-0.2, 0) is 19.8 Å². The van der Waals surface area contributed by atoms with Gasteiger partial charge in [0.15, 0.2) is 4.77 Å². The number of nitro benzene ring substituents is 1. The third-order valence-corrected chi connectivity index (χ3v) is 3.59. The van der Waals surface area contributed by atoms with Gasteiger partial charge in [-0.15, -0.1) is 0 Å². The molecule has 2 rings (SSSR count). The summed E-state index contributed by atoms with van der Waals surface area (Å²) >= 11 is 5.30. The van der Waals surface area contributed by atoms with Crippen LogP contribution in [-0.4, -0.2) is 31.2 Å². The highest BCUT2D eigenvalue weighted by atomic mass is 32.1. The van der Waals surface area contributed by atoms with E-state index in [0.29, 0.717) is 23.5 Å². The standard InChI is InChI=1S/C13H17N5O2S/c1-3-16-9-14-17(13(16)21)10-15(2)8-11-6-4-5-7-12(11)18(19)20/h4-7,9H,3,8,10H2,1-2H3. The van der Waals surface area contributed by atoms with Gasteiger partial charge in [0, 0.05) is 24.7 Å². The summed E-state index contributed by atoms with van der Waals surface area (Å²) in [6.45, 7) is 3.71. The fraction of sp³-hybridized carbons (Fsp3) is 0.385. The first-order valence-electron chi connectivity index (χ1n) is 6.56. The second kappa shape index (κ2) is 6.59. The van der Waals surface area contributed by atoms with Gasteiger partial charge in [0.25, 0.3) is 5.69 Å². The molecule has 0 unspecified atom stereocenters. The number of rotatable bonds is 6. The first-order chi connectivity index (χ1) is 10.0. The maximum atomic E-state index is 11.0. The van der Waals surface area contributed by atoms with E-state index in [2.05, 4.69) is 5.10 Å². The maximum absolute atomic E-state index is 11.0. The van der Waals surface area contributed by atoms with E-state index >= 15 is 0 Å². The molecule has 0 aliphatic rings. The van der Waals surface area contributed by atoms with Crippen LogP contribution in [0.15, 0.2) is 30.6 Å². The van der Waals surface area contributed by atoms with E-state index in [1.54, 1.807) is 29.2 Å². The lowest BCUT2D eigenvalue weighted by atomic mass is 10.2. The number of aryl methyl sites for hydroxylation is 1. The van der Waals surface area contributed by atoms with Gasteiger partial charge >= 0.3 is 0 Å². The molecular weight excluding hydrogens is 290 g/mol. The van der Waals surface area contributed by atoms with E-state index in [1.807, 2.05) is 23.4 Å². The Hall–Kier alpha value is -2.06. The Kier molecular flexibility index (Phi) is 4.81. The van der Waals surface area contributed by atoms with Gasteiger partial charge in [-0.05, 0) is 26.2 Å². The number of hydrogen-bond donors (Lipinski definition) is 0. The Balaban J connectivity index is 2.12. The molecule has 21 heavy (non-hydrogen) atoms. The number of hydrogen-bond acceptors (Lipinski definition) is 5. The van der Waals surface area contributed by atoms with Crippen molar-refractivity contribution in [3.05, 3.63) is 51.0 Å². The molecule has 0 atom stereocenters. The van der Waals surface area contributed by atoms with Crippen LogP contribution in [0.2, 0.25) is 0 Å². The summed E-state index contributed by atoms with van der Waals surface area (Å²) < 4.78 is 4.22. The Morgan fingerprint density at radius 1 is 1.43 bits per heavy atom. The molecule has 0 bridgehead atoms. The first kappa shape index (κ1) is 15.3. The number of para-hydroxylation sites is 1. The lowest BCUT2D eigenvalue weighted by Crippen LogP contribution is -2.23. The molecule has 0 amide bonds. The zero-order chi connectivity index (χ0) is 15.4. The highest BCUT2D eigenvalue weighted by molar-refractivity contribution is 7.71. The highest BCUT2D eigenvalue weighted by Crippen LogP contribution is 2.19. The van der Waals surface area contributed by atoms with Crippen molar-refractivity contribution in [2.75, 3.05) is 7.05 Å². The van der Waals surface area contributed by atoms with Gasteiger partial charge in [0.05, 0.1) is 11.6 Å². The average Bonchev–Trinajstić information content (AvgIpc) is 2.79. The lowest BCUT2D eigenvalue weighted by Gasteiger charge is -2.16. The highest BCUT2D eigenvalue weighted by Gasteiger charge is 2.14. The van der Waals surface area contributed by atoms with Crippen molar-refractivity contribution in [3.8, 4) is 0 Å². The third kappa shape index (κ3) is 3.53. The molecule has 1 aromatic carbocycles. The van der Waals surface area contributed by atoms with E-state index in [0.717, 1.165) is 6.54 Å². The number of benzene rings is 1. The van der Waals surface area contributed by atoms with Crippen LogP contribution in [0.25, 0.3) is 0 Å². The molecule has 8 heteroatoms. The van der Waals surface area contributed by atoms with Crippen molar-refractivity contribution in [2.45, 2.75) is 26.7 Å². The summed E-state index contributed by atoms with van der Waals surface area (Å²) in [5.74, 6) is 0. The molecule has 0 fully saturated rings. The van der Waals surface area contributed by atoms with Gasteiger partial charge in [0.2, 0.25) is 0 Å². The molecular formula is C13H17N5O2S. The van der Waals surface area contributed by atoms with Crippen LogP contribution in [0.4, 0.5) is 5.69 Å². The van der Waals surface area contributed by atoms with Crippen LogP contribution in [0.5, 0.6) is 0 Å². The average molecular weight is 307 g/mol. The lowest BCUT2D eigenvalue weighted by molar-refractivity contribution is -0.385. The van der Waals surface area contributed by atoms with Crippen LogP contribution in [0, 0.1) is 14.9 Å². The summed E-state index contributed by atoms with van der Waals surface area (Å²) in [6, 6.07) is 6.74. The topological polar surface area (TPSA) is 69.1 Å². The molecule has 1 aromatic heterocycles. The SMILES string of the molecule is CCn1cnn(CN(C)Cc2ccccc2[N+](=O)[O-])c1=S. The van der Waals surface area contributed by atoms with E-state index in [1.165, 1.54) is 6.07 Å². The minimum absolute atomic E-state index is 0.132. The monoisotopic (exact) mass is 307 g/mol. The zero-order valence-corrected chi connectivity index (χ0v) is 12.8. The van der Waals surface area contributed by atoms with Crippen molar-refractivity contribution >= 4 is 17.9 Å². The van der Waals surface area contributed by atoms with Crippen LogP contribution in [0.1, 0.15) is 12.5 Å². The van der Waals surface area contributed by atoms with E-state index < -0.39 is 0 Å². The summed E-state index contributed by atoms with van der Waals surface area (Å²) in [6.07, 6.45) is 1.70. The number of aromatic nitrogens is 3. The van der Waals surface area contributed by atoms with Gasteiger partial charge in [-0.3, -0.25) is 15.0 Å². The molecule has 1 heterocycles. The fourth-order valence-corrected chi connectivity index (χ4v) is 2.36. The summed E-state index contributed by atoms with van der Waals surface area (Å²) in [7, 11) is 1.88. The minimum Gasteiger partial charge on any atom is -0.307 e. The van der Waals surface area contributed by atoms with E-state index in [-0.39, 0.29) is 10.6 Å². The minimum atomic E-state index is -0.360. The van der Waals surface area contributed by atoms with Gasteiger partial charge in [-0.25, -0.2) is 4.68 Å². The summed E-state index contributed by atoms with van der Waals surface area (Å²) in [4.78, 5) is 12.6. The molecule has 0 aliphatic heterocycles. The van der Waals surface area contributed by atoms with Crippen LogP contribution >= 0.6 is 12.2 Å². The van der Waals surface area contributed by atoms with Gasteiger partial charge < -0.3 is 4.57 Å². The molecule has 112 valence electrons. The Bertz CT molecular complexity index is 694. The van der Waals surface area contributed by atoms with Crippen molar-refractivity contribution < 1.29 is 4.92 Å². The predicted octanol–water partition coefficient (Wildman–Crippen LogP) is 2.43. The molecule has 2 aromatic rings. The molecule has 0 aliphatic carbocycles. The van der Waals surface area contributed by atoms with Crippen LogP contribution in [0.3, 0.4) is 0 Å². The Labute approximate surface area is 127 Å². The maximum Gasteiger partial charge on any atom is 0.273 e. The van der Waals surface area contributed by atoms with E-state index in [4.69, 9.17) is 12.2 Å². The van der Waals surface area contributed by atoms with Crippen molar-refractivity contribution in [1.29, 1.82) is 0 Å². The van der Waals surface area contributed by atoms with Crippen molar-refractivity contribution in [1.82, 2.24) is 19.2 Å². The summed E-state index contributed by atoms with van der Waals surface area (Å²) in [5, 5.41) is 15.2. The smallest absolute Gasteiger partial charge is 0.273 e.